The van der Waals surface area contributed by atoms with Crippen molar-refractivity contribution in [3.8, 4) is 0 Å². The number of aliphatic carboxylic acids is 1. The summed E-state index contributed by atoms with van der Waals surface area (Å²) in [6.45, 7) is 21.1. The van der Waals surface area contributed by atoms with Gasteiger partial charge in [0, 0.05) is 5.41 Å². The number of carboxylic acid groups (broad SMARTS) is 1. The number of hydrogen-bond donors (Lipinski definition) is 1. The molecule has 0 spiro atoms. The first-order chi connectivity index (χ1) is 23.2. The molecule has 5 aliphatic rings. The molecule has 1 N–H and O–H groups in total. The molecule has 6 heteroatoms. The SMILES string of the molecule is CC(C)(CC(=O)O)CC(=O)O[C@H]1CC[C@]2(C)[C@H]3CC=C4[C@@H]5CC(C)(C)CC[C@]5(C(=O)OCc5ccccc5)CC[C@@]4(C)[C@]3(C)CC[C@H]2C1(C)C. The molecule has 8 atom stereocenters. The molecule has 1 aromatic carbocycles. The highest BCUT2D eigenvalue weighted by Gasteiger charge is 2.69. The van der Waals surface area contributed by atoms with Gasteiger partial charge in [-0.3, -0.25) is 14.4 Å². The monoisotopic (exact) mass is 688 g/mol. The van der Waals surface area contributed by atoms with Crippen LogP contribution in [0.1, 0.15) is 145 Å². The lowest BCUT2D eigenvalue weighted by Gasteiger charge is -2.71. The summed E-state index contributed by atoms with van der Waals surface area (Å²) in [5, 5.41) is 9.33. The van der Waals surface area contributed by atoms with Gasteiger partial charge in [0.15, 0.2) is 0 Å². The Morgan fingerprint density at radius 2 is 1.52 bits per heavy atom. The fraction of sp³-hybridized carbons (Fsp3) is 0.750. The molecule has 276 valence electrons. The molecule has 0 aromatic heterocycles. The van der Waals surface area contributed by atoms with E-state index in [9.17, 15) is 19.5 Å². The summed E-state index contributed by atoms with van der Waals surface area (Å²) in [7, 11) is 0. The van der Waals surface area contributed by atoms with Crippen LogP contribution in [0, 0.1) is 55.7 Å². The third-order valence-corrected chi connectivity index (χ3v) is 15.7. The van der Waals surface area contributed by atoms with Crippen molar-refractivity contribution in [2.24, 2.45) is 55.7 Å². The molecule has 0 amide bonds. The maximum Gasteiger partial charge on any atom is 0.313 e. The number of fused-ring (bicyclic) bond motifs is 7. The minimum absolute atomic E-state index is 0.00807. The van der Waals surface area contributed by atoms with E-state index in [0.29, 0.717) is 18.4 Å². The van der Waals surface area contributed by atoms with Crippen molar-refractivity contribution < 1.29 is 29.0 Å². The number of allylic oxidation sites excluding steroid dienone is 2. The van der Waals surface area contributed by atoms with Crippen molar-refractivity contribution >= 4 is 17.9 Å². The Bertz CT molecular complexity index is 1520. The Morgan fingerprint density at radius 1 is 0.840 bits per heavy atom. The van der Waals surface area contributed by atoms with Crippen LogP contribution in [-0.4, -0.2) is 29.1 Å². The first-order valence-electron chi connectivity index (χ1n) is 19.5. The van der Waals surface area contributed by atoms with Crippen LogP contribution < -0.4 is 0 Å². The molecular formula is C44H64O6. The van der Waals surface area contributed by atoms with E-state index in [2.05, 4.69) is 54.5 Å². The number of carbonyl (C=O) groups is 3. The molecule has 5 aliphatic carbocycles. The molecular weight excluding hydrogens is 624 g/mol. The van der Waals surface area contributed by atoms with Crippen LogP contribution >= 0.6 is 0 Å². The standard InChI is InChI=1S/C44H64O6/c1-38(2)21-23-44(37(48)49-28-29-13-11-10-12-14-29)24-22-42(8)30(31(44)25-38)15-16-33-41(7)19-18-34(40(5,6)32(41)17-20-43(33,42)9)50-36(47)27-39(3,4)26-35(45)46/h10-15,31-34H,16-28H2,1-9H3,(H,45,46)/t31-,32-,33+,34-,41-,42+,43+,44-/m0/s1. The number of esters is 2. The van der Waals surface area contributed by atoms with Gasteiger partial charge in [-0.05, 0) is 115 Å². The van der Waals surface area contributed by atoms with E-state index < -0.39 is 16.8 Å². The fourth-order valence-corrected chi connectivity index (χ4v) is 12.7. The Kier molecular flexibility index (Phi) is 9.29. The molecule has 6 rings (SSSR count). The van der Waals surface area contributed by atoms with Gasteiger partial charge in [0.1, 0.15) is 12.7 Å². The fourth-order valence-electron chi connectivity index (χ4n) is 12.7. The third-order valence-electron chi connectivity index (χ3n) is 15.7. The number of benzene rings is 1. The summed E-state index contributed by atoms with van der Waals surface area (Å²) in [5.41, 5.74) is 1.68. The Morgan fingerprint density at radius 3 is 2.20 bits per heavy atom. The lowest BCUT2D eigenvalue weighted by Crippen LogP contribution is -2.65. The normalized spacial score (nSPS) is 38.6. The molecule has 1 aromatic rings. The van der Waals surface area contributed by atoms with Gasteiger partial charge in [-0.25, -0.2) is 0 Å². The molecule has 0 bridgehead atoms. The zero-order valence-corrected chi connectivity index (χ0v) is 32.5. The van der Waals surface area contributed by atoms with Crippen molar-refractivity contribution in [1.29, 1.82) is 0 Å². The van der Waals surface area contributed by atoms with E-state index in [4.69, 9.17) is 9.47 Å². The maximum atomic E-state index is 14.3. The van der Waals surface area contributed by atoms with Gasteiger partial charge >= 0.3 is 17.9 Å². The van der Waals surface area contributed by atoms with E-state index in [1.54, 1.807) is 5.57 Å². The van der Waals surface area contributed by atoms with Crippen LogP contribution in [0.2, 0.25) is 0 Å². The topological polar surface area (TPSA) is 89.9 Å². The van der Waals surface area contributed by atoms with E-state index >= 15 is 0 Å². The summed E-state index contributed by atoms with van der Waals surface area (Å²) in [6, 6.07) is 10.1. The van der Waals surface area contributed by atoms with E-state index in [1.165, 1.54) is 0 Å². The number of hydrogen-bond acceptors (Lipinski definition) is 5. The Balaban J connectivity index is 1.26. The predicted molar refractivity (Wildman–Crippen MR) is 196 cm³/mol. The van der Waals surface area contributed by atoms with Crippen molar-refractivity contribution in [2.75, 3.05) is 0 Å². The van der Waals surface area contributed by atoms with Gasteiger partial charge < -0.3 is 14.6 Å². The molecule has 4 saturated carbocycles. The zero-order chi connectivity index (χ0) is 36.5. The highest BCUT2D eigenvalue weighted by Crippen LogP contribution is 2.76. The smallest absolute Gasteiger partial charge is 0.313 e. The van der Waals surface area contributed by atoms with Crippen molar-refractivity contribution in [3.63, 3.8) is 0 Å². The summed E-state index contributed by atoms with van der Waals surface area (Å²) in [6.07, 6.45) is 12.5. The van der Waals surface area contributed by atoms with Crippen molar-refractivity contribution in [1.82, 2.24) is 0 Å². The quantitative estimate of drug-likeness (QED) is 0.216. The van der Waals surface area contributed by atoms with E-state index in [1.807, 2.05) is 44.2 Å². The number of carboxylic acids is 1. The Hall–Kier alpha value is -2.63. The van der Waals surface area contributed by atoms with Crippen LogP contribution in [0.25, 0.3) is 0 Å². The molecule has 0 radical (unpaired) electrons. The second-order valence-corrected chi connectivity index (χ2v) is 20.2. The van der Waals surface area contributed by atoms with Crippen molar-refractivity contribution in [2.45, 2.75) is 152 Å². The molecule has 0 aliphatic heterocycles. The average molecular weight is 689 g/mol. The zero-order valence-electron chi connectivity index (χ0n) is 32.5. The van der Waals surface area contributed by atoms with Crippen LogP contribution in [0.15, 0.2) is 42.0 Å². The minimum atomic E-state index is -0.890. The molecule has 50 heavy (non-hydrogen) atoms. The van der Waals surface area contributed by atoms with Crippen LogP contribution in [-0.2, 0) is 30.5 Å². The first kappa shape index (κ1) is 37.1. The van der Waals surface area contributed by atoms with Gasteiger partial charge in [-0.15, -0.1) is 0 Å². The lowest BCUT2D eigenvalue weighted by molar-refractivity contribution is -0.215. The van der Waals surface area contributed by atoms with Crippen LogP contribution in [0.5, 0.6) is 0 Å². The van der Waals surface area contributed by atoms with Gasteiger partial charge in [0.2, 0.25) is 0 Å². The molecule has 0 heterocycles. The first-order valence-corrected chi connectivity index (χ1v) is 19.5. The summed E-state index contributed by atoms with van der Waals surface area (Å²) >= 11 is 0. The molecule has 6 nitrogen and oxygen atoms in total. The average Bonchev–Trinajstić information content (AvgIpc) is 3.01. The van der Waals surface area contributed by atoms with Gasteiger partial charge in [-0.1, -0.05) is 104 Å². The van der Waals surface area contributed by atoms with Gasteiger partial charge in [0.05, 0.1) is 18.3 Å². The maximum absolute atomic E-state index is 14.3. The second kappa shape index (κ2) is 12.5. The van der Waals surface area contributed by atoms with E-state index in [-0.39, 0.29) is 63.9 Å². The number of rotatable bonds is 8. The van der Waals surface area contributed by atoms with Gasteiger partial charge in [-0.2, -0.15) is 0 Å². The summed E-state index contributed by atoms with van der Waals surface area (Å²) < 4.78 is 12.5. The molecule has 4 fully saturated rings. The second-order valence-electron chi connectivity index (χ2n) is 20.2. The molecule has 0 unspecified atom stereocenters. The highest BCUT2D eigenvalue weighted by atomic mass is 16.5. The molecule has 0 saturated heterocycles. The summed E-state index contributed by atoms with van der Waals surface area (Å²) in [5.74, 6) is -0.0439. The summed E-state index contributed by atoms with van der Waals surface area (Å²) in [4.78, 5) is 38.9. The predicted octanol–water partition coefficient (Wildman–Crippen LogP) is 10.3. The Labute approximate surface area is 301 Å². The highest BCUT2D eigenvalue weighted by molar-refractivity contribution is 5.79. The van der Waals surface area contributed by atoms with Crippen LogP contribution in [0.3, 0.4) is 0 Å². The van der Waals surface area contributed by atoms with Crippen LogP contribution in [0.4, 0.5) is 0 Å². The van der Waals surface area contributed by atoms with Gasteiger partial charge in [0.25, 0.3) is 0 Å². The third kappa shape index (κ3) is 6.06. The minimum Gasteiger partial charge on any atom is -0.481 e. The number of carbonyl (C=O) groups excluding carboxylic acids is 2. The van der Waals surface area contributed by atoms with Crippen molar-refractivity contribution in [3.05, 3.63) is 47.5 Å². The lowest BCUT2D eigenvalue weighted by atomic mass is 9.33. The number of ether oxygens (including phenoxy) is 2. The largest absolute Gasteiger partial charge is 0.481 e. The van der Waals surface area contributed by atoms with E-state index in [0.717, 1.165) is 69.8 Å².